The van der Waals surface area contributed by atoms with Crippen LogP contribution >= 0.6 is 7.37 Å². The summed E-state index contributed by atoms with van der Waals surface area (Å²) in [6, 6.07) is 3.24. The van der Waals surface area contributed by atoms with Gasteiger partial charge in [0.2, 0.25) is 7.37 Å². The van der Waals surface area contributed by atoms with Gasteiger partial charge in [0.15, 0.2) is 18.1 Å². The smallest absolute Gasteiger partial charge is 0.341 e. The second-order valence-corrected chi connectivity index (χ2v) is 7.59. The Hall–Kier alpha value is -2.09. The Balaban J connectivity index is 2.77. The van der Waals surface area contributed by atoms with Crippen LogP contribution in [0.25, 0.3) is 0 Å². The monoisotopic (exact) mass is 361 g/mol. The van der Waals surface area contributed by atoms with Crippen molar-refractivity contribution >= 4 is 19.3 Å². The van der Waals surface area contributed by atoms with E-state index in [1.54, 1.807) is 0 Å². The average molecular weight is 361 g/mol. The molecule has 0 fully saturated rings. The van der Waals surface area contributed by atoms with Crippen molar-refractivity contribution in [3.05, 3.63) is 23.8 Å². The molecule has 0 radical (unpaired) electrons. The van der Waals surface area contributed by atoms with Crippen molar-refractivity contribution in [2.24, 2.45) is 5.73 Å². The Morgan fingerprint density at radius 2 is 1.96 bits per heavy atom. The molecule has 1 aromatic carbocycles. The molecule has 9 nitrogen and oxygen atoms in total. The zero-order valence-corrected chi connectivity index (χ0v) is 13.9. The lowest BCUT2D eigenvalue weighted by molar-refractivity contribution is -0.139. The van der Waals surface area contributed by atoms with E-state index in [1.165, 1.54) is 25.3 Å². The number of methoxy groups -OCH3 is 1. The number of rotatable bonds is 10. The van der Waals surface area contributed by atoms with Crippen LogP contribution in [0.15, 0.2) is 18.2 Å². The normalized spacial score (nSPS) is 14.5. The summed E-state index contributed by atoms with van der Waals surface area (Å²) in [6.45, 7) is -0.540. The van der Waals surface area contributed by atoms with Crippen molar-refractivity contribution in [1.29, 1.82) is 0 Å². The maximum atomic E-state index is 12.2. The first kappa shape index (κ1) is 20.0. The minimum atomic E-state index is -3.62. The number of ether oxygens (including phenoxy) is 2. The third-order valence-electron chi connectivity index (χ3n) is 3.12. The van der Waals surface area contributed by atoms with Crippen LogP contribution in [0.4, 0.5) is 0 Å². The van der Waals surface area contributed by atoms with Crippen LogP contribution < -0.4 is 15.2 Å². The first-order chi connectivity index (χ1) is 11.1. The minimum Gasteiger partial charge on any atom is -0.493 e. The summed E-state index contributed by atoms with van der Waals surface area (Å²) in [4.78, 5) is 31.1. The Morgan fingerprint density at radius 1 is 1.29 bits per heavy atom. The number of hydrogen-bond acceptors (Lipinski definition) is 6. The van der Waals surface area contributed by atoms with E-state index in [-0.39, 0.29) is 30.2 Å². The van der Waals surface area contributed by atoms with Crippen molar-refractivity contribution in [3.63, 3.8) is 0 Å². The molecule has 1 aromatic rings. The van der Waals surface area contributed by atoms with Crippen LogP contribution in [0, 0.1) is 0 Å². The highest BCUT2D eigenvalue weighted by molar-refractivity contribution is 7.57. The van der Waals surface area contributed by atoms with Crippen LogP contribution in [0.5, 0.6) is 11.5 Å². The van der Waals surface area contributed by atoms with Gasteiger partial charge in [-0.1, -0.05) is 6.07 Å². The lowest BCUT2D eigenvalue weighted by Gasteiger charge is -2.15. The molecule has 0 aliphatic heterocycles. The van der Waals surface area contributed by atoms with E-state index in [9.17, 15) is 19.0 Å². The lowest BCUT2D eigenvalue weighted by atomic mass is 10.2. The predicted octanol–water partition coefficient (Wildman–Crippen LogP) is 0.731. The highest BCUT2D eigenvalue weighted by Crippen LogP contribution is 2.46. The topological polar surface area (TPSA) is 156 Å². The summed E-state index contributed by atoms with van der Waals surface area (Å²) in [5.74, 6) is -1.94. The van der Waals surface area contributed by atoms with Gasteiger partial charge in [-0.05, 0) is 24.1 Å². The van der Waals surface area contributed by atoms with E-state index in [1.807, 2.05) is 0 Å². The summed E-state index contributed by atoms with van der Waals surface area (Å²) >= 11 is 0. The first-order valence-corrected chi connectivity index (χ1v) is 8.98. The van der Waals surface area contributed by atoms with Gasteiger partial charge in [-0.2, -0.15) is 0 Å². The van der Waals surface area contributed by atoms with Crippen LogP contribution in [0.3, 0.4) is 0 Å². The number of carboxylic acid groups (broad SMARTS) is 2. The molecule has 1 rings (SSSR count). The van der Waals surface area contributed by atoms with Crippen molar-refractivity contribution < 1.29 is 38.7 Å². The molecule has 10 heteroatoms. The zero-order valence-electron chi connectivity index (χ0n) is 13.0. The third-order valence-corrected chi connectivity index (χ3v) is 4.93. The molecule has 5 N–H and O–H groups in total. The largest absolute Gasteiger partial charge is 0.493 e. The van der Waals surface area contributed by atoms with Gasteiger partial charge in [0, 0.05) is 12.3 Å². The van der Waals surface area contributed by atoms with E-state index in [4.69, 9.17) is 25.4 Å². The summed E-state index contributed by atoms with van der Waals surface area (Å²) in [6.07, 6.45) is -0.519. The predicted molar refractivity (Wildman–Crippen MR) is 84.7 cm³/mol. The quantitative estimate of drug-likeness (QED) is 0.441. The van der Waals surface area contributed by atoms with Crippen LogP contribution in [0.1, 0.15) is 12.0 Å². The van der Waals surface area contributed by atoms with E-state index in [2.05, 4.69) is 0 Å². The number of carbonyl (C=O) groups is 2. The molecule has 134 valence electrons. The molecule has 0 aromatic heterocycles. The van der Waals surface area contributed by atoms with Gasteiger partial charge in [0.05, 0.1) is 7.11 Å². The average Bonchev–Trinajstić information content (AvgIpc) is 2.50. The Labute approximate surface area is 138 Å². The van der Waals surface area contributed by atoms with Crippen molar-refractivity contribution in [3.8, 4) is 11.5 Å². The Morgan fingerprint density at radius 3 is 2.50 bits per heavy atom. The Kier molecular flexibility index (Phi) is 7.21. The van der Waals surface area contributed by atoms with Gasteiger partial charge < -0.3 is 30.3 Å². The zero-order chi connectivity index (χ0) is 18.3. The van der Waals surface area contributed by atoms with Gasteiger partial charge in [0.1, 0.15) is 6.04 Å². The van der Waals surface area contributed by atoms with E-state index in [0.29, 0.717) is 5.56 Å². The molecular formula is C14H20NO8P. The number of carboxylic acids is 2. The maximum absolute atomic E-state index is 12.2. The van der Waals surface area contributed by atoms with Crippen molar-refractivity contribution in [2.75, 3.05) is 19.9 Å². The fourth-order valence-corrected chi connectivity index (χ4v) is 3.50. The summed E-state index contributed by atoms with van der Waals surface area (Å²) in [7, 11) is -2.26. The lowest BCUT2D eigenvalue weighted by Crippen LogP contribution is -2.30. The highest BCUT2D eigenvalue weighted by atomic mass is 31.2. The molecule has 0 saturated heterocycles. The fraction of sp³-hybridized carbons (Fsp3) is 0.429. The molecule has 0 amide bonds. The number of nitrogens with two attached hydrogens (primary N) is 1. The third kappa shape index (κ3) is 6.57. The van der Waals surface area contributed by atoms with E-state index >= 15 is 0 Å². The molecule has 0 aliphatic rings. The first-order valence-electron chi connectivity index (χ1n) is 6.95. The number of hydrogen-bond donors (Lipinski definition) is 4. The Bertz CT molecular complexity index is 648. The maximum Gasteiger partial charge on any atom is 0.341 e. The summed E-state index contributed by atoms with van der Waals surface area (Å²) in [5, 5.41) is 17.3. The molecule has 0 heterocycles. The van der Waals surface area contributed by atoms with E-state index < -0.39 is 32.0 Å². The second-order valence-electron chi connectivity index (χ2n) is 5.13. The van der Waals surface area contributed by atoms with E-state index in [0.717, 1.165) is 0 Å². The van der Waals surface area contributed by atoms with Crippen molar-refractivity contribution in [2.45, 2.75) is 18.6 Å². The molecular weight excluding hydrogens is 341 g/mol. The standard InChI is InChI=1S/C14H20NO8P/c1-22-12-6-9(2-3-11(12)23-7-13(16)17)8-24(20,21)5-4-10(15)14(18)19/h2-3,6,10H,4-5,7-8,15H2,1H3,(H,16,17)(H,18,19)(H,20,21). The van der Waals surface area contributed by atoms with Crippen LogP contribution in [-0.2, 0) is 20.3 Å². The van der Waals surface area contributed by atoms with Gasteiger partial charge in [-0.3, -0.25) is 9.36 Å². The van der Waals surface area contributed by atoms with Crippen molar-refractivity contribution in [1.82, 2.24) is 0 Å². The molecule has 2 atom stereocenters. The van der Waals surface area contributed by atoms with Gasteiger partial charge in [0.25, 0.3) is 0 Å². The number of aliphatic carboxylic acids is 2. The fourth-order valence-electron chi connectivity index (χ4n) is 1.90. The van der Waals surface area contributed by atoms with Gasteiger partial charge in [-0.25, -0.2) is 4.79 Å². The molecule has 2 unspecified atom stereocenters. The number of benzene rings is 1. The minimum absolute atomic E-state index is 0.111. The summed E-state index contributed by atoms with van der Waals surface area (Å²) < 4.78 is 22.3. The molecule has 0 bridgehead atoms. The SMILES string of the molecule is COc1cc(CP(=O)(O)CCC(N)C(=O)O)ccc1OCC(=O)O. The van der Waals surface area contributed by atoms with Crippen LogP contribution in [-0.4, -0.2) is 53.0 Å². The second kappa shape index (κ2) is 8.68. The molecule has 0 spiro atoms. The van der Waals surface area contributed by atoms with Gasteiger partial charge >= 0.3 is 11.9 Å². The molecule has 24 heavy (non-hydrogen) atoms. The summed E-state index contributed by atoms with van der Waals surface area (Å²) in [5.41, 5.74) is 5.80. The van der Waals surface area contributed by atoms with Crippen LogP contribution in [0.2, 0.25) is 0 Å². The molecule has 0 saturated carbocycles. The highest BCUT2D eigenvalue weighted by Gasteiger charge is 2.23. The molecule has 0 aliphatic carbocycles. The van der Waals surface area contributed by atoms with Gasteiger partial charge in [-0.15, -0.1) is 0 Å².